The number of hydrogen-bond acceptors (Lipinski definition) is 5. The van der Waals surface area contributed by atoms with Crippen LogP contribution in [-0.2, 0) is 4.74 Å². The Morgan fingerprint density at radius 1 is 1.14 bits per heavy atom. The Morgan fingerprint density at radius 3 is 2.41 bits per heavy atom. The first-order chi connectivity index (χ1) is 13.9. The smallest absolute Gasteiger partial charge is 0.341 e. The van der Waals surface area contributed by atoms with Crippen molar-refractivity contribution in [1.29, 1.82) is 0 Å². The summed E-state index contributed by atoms with van der Waals surface area (Å²) < 4.78 is 5.15. The maximum absolute atomic E-state index is 12.8. The van der Waals surface area contributed by atoms with Crippen molar-refractivity contribution in [3.8, 4) is 0 Å². The average Bonchev–Trinajstić information content (AvgIpc) is 3.30. The van der Waals surface area contributed by atoms with Gasteiger partial charge in [-0.2, -0.15) is 0 Å². The van der Waals surface area contributed by atoms with Gasteiger partial charge in [-0.3, -0.25) is 9.59 Å². The van der Waals surface area contributed by atoms with Gasteiger partial charge in [0.15, 0.2) is 0 Å². The predicted octanol–water partition coefficient (Wildman–Crippen LogP) is 4.81. The van der Waals surface area contributed by atoms with Gasteiger partial charge in [-0.15, -0.1) is 11.3 Å². The molecule has 29 heavy (non-hydrogen) atoms. The first-order valence-electron chi connectivity index (χ1n) is 9.59. The Kier molecular flexibility index (Phi) is 6.92. The van der Waals surface area contributed by atoms with Gasteiger partial charge in [0.1, 0.15) is 5.00 Å². The van der Waals surface area contributed by atoms with Crippen molar-refractivity contribution >= 4 is 45.7 Å². The summed E-state index contributed by atoms with van der Waals surface area (Å²) in [5.41, 5.74) is 1.12. The maximum Gasteiger partial charge on any atom is 0.341 e. The summed E-state index contributed by atoms with van der Waals surface area (Å²) in [6, 6.07) is 6.57. The van der Waals surface area contributed by atoms with Crippen molar-refractivity contribution in [2.24, 2.45) is 0 Å². The van der Waals surface area contributed by atoms with Crippen LogP contribution >= 0.6 is 22.9 Å². The molecule has 1 aliphatic rings. The van der Waals surface area contributed by atoms with Crippen molar-refractivity contribution in [2.45, 2.75) is 45.6 Å². The Hall–Kier alpha value is -2.38. The van der Waals surface area contributed by atoms with E-state index in [1.807, 2.05) is 0 Å². The summed E-state index contributed by atoms with van der Waals surface area (Å²) >= 11 is 6.96. The van der Waals surface area contributed by atoms with Crippen molar-refractivity contribution in [1.82, 2.24) is 5.32 Å². The zero-order chi connectivity index (χ0) is 21.0. The van der Waals surface area contributed by atoms with E-state index in [-0.39, 0.29) is 24.1 Å². The van der Waals surface area contributed by atoms with Crippen LogP contribution in [0.15, 0.2) is 24.3 Å². The molecule has 154 valence electrons. The molecule has 3 rings (SSSR count). The van der Waals surface area contributed by atoms with Gasteiger partial charge in [0.25, 0.3) is 11.8 Å². The van der Waals surface area contributed by atoms with E-state index in [0.29, 0.717) is 26.0 Å². The number of esters is 1. The highest BCUT2D eigenvalue weighted by atomic mass is 35.5. The third-order valence-electron chi connectivity index (χ3n) is 4.86. The summed E-state index contributed by atoms with van der Waals surface area (Å²) in [6.45, 7) is 3.60. The van der Waals surface area contributed by atoms with Crippen LogP contribution < -0.4 is 10.6 Å². The SMILES string of the molecule is CCOC(=O)c1c(NC(=O)c2ccc(Cl)cc2)sc(C(=O)NC2CCCC2)c1C. The zero-order valence-electron chi connectivity index (χ0n) is 16.3. The molecule has 0 atom stereocenters. The highest BCUT2D eigenvalue weighted by Gasteiger charge is 2.28. The number of nitrogens with one attached hydrogen (secondary N) is 2. The first-order valence-corrected chi connectivity index (χ1v) is 10.8. The molecule has 1 heterocycles. The van der Waals surface area contributed by atoms with E-state index in [9.17, 15) is 14.4 Å². The number of hydrogen-bond donors (Lipinski definition) is 2. The Bertz CT molecular complexity index is 918. The molecule has 6 nitrogen and oxygen atoms in total. The van der Waals surface area contributed by atoms with Gasteiger partial charge in [0, 0.05) is 16.6 Å². The number of ether oxygens (including phenoxy) is 1. The number of amides is 2. The monoisotopic (exact) mass is 434 g/mol. The van der Waals surface area contributed by atoms with E-state index in [0.717, 1.165) is 37.0 Å². The highest BCUT2D eigenvalue weighted by Crippen LogP contribution is 2.34. The van der Waals surface area contributed by atoms with E-state index >= 15 is 0 Å². The molecular formula is C21H23ClN2O4S. The molecule has 1 fully saturated rings. The number of anilines is 1. The van der Waals surface area contributed by atoms with Crippen molar-refractivity contribution in [3.05, 3.63) is 50.9 Å². The fourth-order valence-electron chi connectivity index (χ4n) is 3.36. The number of rotatable bonds is 6. The van der Waals surface area contributed by atoms with Crippen LogP contribution in [0.2, 0.25) is 5.02 Å². The fourth-order valence-corrected chi connectivity index (χ4v) is 4.58. The molecule has 0 radical (unpaired) electrons. The van der Waals surface area contributed by atoms with Gasteiger partial charge in [-0.1, -0.05) is 24.4 Å². The van der Waals surface area contributed by atoms with E-state index in [4.69, 9.17) is 16.3 Å². The summed E-state index contributed by atoms with van der Waals surface area (Å²) in [5, 5.41) is 6.60. The molecule has 2 N–H and O–H groups in total. The minimum Gasteiger partial charge on any atom is -0.462 e. The minimum atomic E-state index is -0.562. The van der Waals surface area contributed by atoms with Gasteiger partial charge in [0.05, 0.1) is 17.0 Å². The lowest BCUT2D eigenvalue weighted by atomic mass is 10.1. The van der Waals surface area contributed by atoms with E-state index < -0.39 is 11.9 Å². The topological polar surface area (TPSA) is 84.5 Å². The molecule has 0 unspecified atom stereocenters. The second-order valence-electron chi connectivity index (χ2n) is 6.90. The minimum absolute atomic E-state index is 0.155. The van der Waals surface area contributed by atoms with Crippen LogP contribution in [0.4, 0.5) is 5.00 Å². The molecule has 8 heteroatoms. The number of benzene rings is 1. The molecule has 2 amide bonds. The van der Waals surface area contributed by atoms with E-state index in [1.54, 1.807) is 38.1 Å². The van der Waals surface area contributed by atoms with Crippen molar-refractivity contribution < 1.29 is 19.1 Å². The second kappa shape index (κ2) is 9.41. The Balaban J connectivity index is 1.89. The van der Waals surface area contributed by atoms with Crippen LogP contribution in [0.5, 0.6) is 0 Å². The average molecular weight is 435 g/mol. The standard InChI is InChI=1S/C21H23ClN2O4S/c1-3-28-21(27)16-12(2)17(19(26)23-15-6-4-5-7-15)29-20(16)24-18(25)13-8-10-14(22)11-9-13/h8-11,15H,3-7H2,1-2H3,(H,23,26)(H,24,25). The second-order valence-corrected chi connectivity index (χ2v) is 8.35. The third-order valence-corrected chi connectivity index (χ3v) is 6.31. The first kappa shape index (κ1) is 21.3. The Labute approximate surface area is 178 Å². The van der Waals surface area contributed by atoms with Crippen molar-refractivity contribution in [2.75, 3.05) is 11.9 Å². The maximum atomic E-state index is 12.8. The Morgan fingerprint density at radius 2 is 1.79 bits per heavy atom. The van der Waals surface area contributed by atoms with Gasteiger partial charge < -0.3 is 15.4 Å². The van der Waals surface area contributed by atoms with Gasteiger partial charge >= 0.3 is 5.97 Å². The predicted molar refractivity (Wildman–Crippen MR) is 114 cm³/mol. The number of halogens is 1. The lowest BCUT2D eigenvalue weighted by Gasteiger charge is -2.11. The molecule has 1 saturated carbocycles. The summed E-state index contributed by atoms with van der Waals surface area (Å²) in [6.07, 6.45) is 4.12. The molecular weight excluding hydrogens is 412 g/mol. The van der Waals surface area contributed by atoms with E-state index in [2.05, 4.69) is 10.6 Å². The van der Waals surface area contributed by atoms with Gasteiger partial charge in [-0.05, 0) is 56.5 Å². The molecule has 2 aromatic rings. The molecule has 0 saturated heterocycles. The number of carbonyl (C=O) groups is 3. The lowest BCUT2D eigenvalue weighted by Crippen LogP contribution is -2.32. The van der Waals surface area contributed by atoms with Gasteiger partial charge in [-0.25, -0.2) is 4.79 Å². The van der Waals surface area contributed by atoms with Crippen LogP contribution in [0, 0.1) is 6.92 Å². The third kappa shape index (κ3) is 4.97. The lowest BCUT2D eigenvalue weighted by molar-refractivity contribution is 0.0527. The highest BCUT2D eigenvalue weighted by molar-refractivity contribution is 7.18. The number of carbonyl (C=O) groups excluding carboxylic acids is 3. The molecule has 1 aromatic carbocycles. The molecule has 0 bridgehead atoms. The van der Waals surface area contributed by atoms with Gasteiger partial charge in [0.2, 0.25) is 0 Å². The molecule has 1 aliphatic carbocycles. The summed E-state index contributed by atoms with van der Waals surface area (Å²) in [4.78, 5) is 38.3. The molecule has 0 spiro atoms. The van der Waals surface area contributed by atoms with Crippen LogP contribution in [-0.4, -0.2) is 30.4 Å². The quantitative estimate of drug-likeness (QED) is 0.639. The van der Waals surface area contributed by atoms with E-state index in [1.165, 1.54) is 0 Å². The van der Waals surface area contributed by atoms with Crippen LogP contribution in [0.3, 0.4) is 0 Å². The zero-order valence-corrected chi connectivity index (χ0v) is 17.9. The van der Waals surface area contributed by atoms with Crippen LogP contribution in [0.1, 0.15) is 68.6 Å². The number of thiophene rings is 1. The molecule has 1 aromatic heterocycles. The fraction of sp³-hybridized carbons (Fsp3) is 0.381. The summed E-state index contributed by atoms with van der Waals surface area (Å²) in [7, 11) is 0. The van der Waals surface area contributed by atoms with Crippen LogP contribution in [0.25, 0.3) is 0 Å². The summed E-state index contributed by atoms with van der Waals surface area (Å²) in [5.74, 6) is -1.18. The normalized spacial score (nSPS) is 13.9. The largest absolute Gasteiger partial charge is 0.462 e. The molecule has 0 aliphatic heterocycles. The van der Waals surface area contributed by atoms with Crippen molar-refractivity contribution in [3.63, 3.8) is 0 Å².